The van der Waals surface area contributed by atoms with Gasteiger partial charge in [-0.05, 0) is 55.2 Å². The minimum absolute atomic E-state index is 0.112. The highest BCUT2D eigenvalue weighted by Gasteiger charge is 2.39. The zero-order valence-corrected chi connectivity index (χ0v) is 23.2. The molecule has 0 radical (unpaired) electrons. The molecule has 206 valence electrons. The molecule has 0 N–H and O–H groups in total. The third-order valence-corrected chi connectivity index (χ3v) is 8.67. The number of benzene rings is 2. The van der Waals surface area contributed by atoms with Crippen LogP contribution in [0.3, 0.4) is 0 Å². The molecule has 2 saturated carbocycles. The highest BCUT2D eigenvalue weighted by atomic mass is 32.2. The number of methoxy groups -OCH3 is 1. The van der Waals surface area contributed by atoms with Crippen molar-refractivity contribution in [1.82, 2.24) is 4.90 Å². The summed E-state index contributed by atoms with van der Waals surface area (Å²) in [6, 6.07) is 12.9. The second kappa shape index (κ2) is 12.7. The molecule has 2 aromatic rings. The molecule has 1 saturated heterocycles. The summed E-state index contributed by atoms with van der Waals surface area (Å²) in [7, 11) is 1.50. The number of amides is 1. The highest BCUT2D eigenvalue weighted by molar-refractivity contribution is 8.18. The van der Waals surface area contributed by atoms with Gasteiger partial charge in [-0.15, -0.1) is 0 Å². The molecule has 0 aromatic heterocycles. The van der Waals surface area contributed by atoms with Crippen LogP contribution < -0.4 is 9.47 Å². The van der Waals surface area contributed by atoms with Gasteiger partial charge in [-0.3, -0.25) is 24.8 Å². The molecule has 3 aliphatic rings. The van der Waals surface area contributed by atoms with Crippen LogP contribution in [0.2, 0.25) is 0 Å². The lowest BCUT2D eigenvalue weighted by atomic mass is 9.94. The first-order valence-electron chi connectivity index (χ1n) is 13.9. The van der Waals surface area contributed by atoms with Gasteiger partial charge in [0.05, 0.1) is 34.6 Å². The van der Waals surface area contributed by atoms with Crippen LogP contribution >= 0.6 is 11.8 Å². The lowest BCUT2D eigenvalue weighted by molar-refractivity contribution is -0.385. The minimum Gasteiger partial charge on any atom is -0.493 e. The number of carbonyl (C=O) groups is 1. The van der Waals surface area contributed by atoms with Crippen molar-refractivity contribution < 1.29 is 19.2 Å². The molecule has 0 spiro atoms. The summed E-state index contributed by atoms with van der Waals surface area (Å²) in [6.07, 6.45) is 12.6. The third kappa shape index (κ3) is 6.46. The minimum atomic E-state index is -0.443. The molecule has 2 aliphatic carbocycles. The smallest absolute Gasteiger partial charge is 0.280 e. The van der Waals surface area contributed by atoms with Gasteiger partial charge in [-0.2, -0.15) is 0 Å². The van der Waals surface area contributed by atoms with Crippen LogP contribution in [0.1, 0.15) is 75.3 Å². The molecule has 0 atom stereocenters. The predicted molar refractivity (Wildman–Crippen MR) is 154 cm³/mol. The molecule has 0 unspecified atom stereocenters. The van der Waals surface area contributed by atoms with Gasteiger partial charge in [0, 0.05) is 6.04 Å². The molecule has 1 amide bonds. The van der Waals surface area contributed by atoms with Gasteiger partial charge >= 0.3 is 0 Å². The number of ether oxygens (including phenoxy) is 2. The largest absolute Gasteiger partial charge is 0.493 e. The summed E-state index contributed by atoms with van der Waals surface area (Å²) in [6.45, 7) is 0.250. The van der Waals surface area contributed by atoms with Crippen molar-refractivity contribution in [3.63, 3.8) is 0 Å². The fraction of sp³-hybridized carbons (Fsp3) is 0.467. The fourth-order valence-electron chi connectivity index (χ4n) is 5.59. The summed E-state index contributed by atoms with van der Waals surface area (Å²) in [4.78, 5) is 32.8. The van der Waals surface area contributed by atoms with Crippen molar-refractivity contribution >= 4 is 34.6 Å². The second-order valence-electron chi connectivity index (χ2n) is 10.4. The van der Waals surface area contributed by atoms with E-state index in [9.17, 15) is 14.9 Å². The molecular formula is C30H35N3O5S. The monoisotopic (exact) mass is 549 g/mol. The van der Waals surface area contributed by atoms with E-state index in [2.05, 4.69) is 0 Å². The zero-order valence-electron chi connectivity index (χ0n) is 22.3. The zero-order chi connectivity index (χ0) is 27.2. The molecule has 0 bridgehead atoms. The molecule has 1 heterocycles. The van der Waals surface area contributed by atoms with Gasteiger partial charge in [0.1, 0.15) is 6.61 Å². The number of rotatable bonds is 8. The Morgan fingerprint density at radius 3 is 2.38 bits per heavy atom. The summed E-state index contributed by atoms with van der Waals surface area (Å²) in [5.41, 5.74) is 1.11. The molecule has 5 rings (SSSR count). The summed E-state index contributed by atoms with van der Waals surface area (Å²) in [5.74, 6) is 0.544. The SMILES string of the molecule is COc1cc(C=C2SC(=NC3CCCCC3)N(C3CCCCC3)C2=O)c([N+](=O)[O-])cc1OCc1ccccc1. The van der Waals surface area contributed by atoms with Gasteiger partial charge in [0.15, 0.2) is 16.7 Å². The van der Waals surface area contributed by atoms with Crippen LogP contribution in [0.5, 0.6) is 11.5 Å². The Bertz CT molecular complexity index is 1250. The molecule has 3 fully saturated rings. The van der Waals surface area contributed by atoms with Gasteiger partial charge < -0.3 is 9.47 Å². The van der Waals surface area contributed by atoms with Gasteiger partial charge in [0.2, 0.25) is 0 Å². The highest BCUT2D eigenvalue weighted by Crippen LogP contribution is 2.41. The van der Waals surface area contributed by atoms with Crippen molar-refractivity contribution in [3.05, 3.63) is 68.6 Å². The Balaban J connectivity index is 1.46. The number of aliphatic imine (C=N–C) groups is 1. The average molecular weight is 550 g/mol. The second-order valence-corrected chi connectivity index (χ2v) is 11.4. The summed E-state index contributed by atoms with van der Waals surface area (Å²) >= 11 is 1.35. The summed E-state index contributed by atoms with van der Waals surface area (Å²) < 4.78 is 11.4. The number of amidine groups is 1. The van der Waals surface area contributed by atoms with E-state index in [4.69, 9.17) is 14.5 Å². The maximum Gasteiger partial charge on any atom is 0.280 e. The van der Waals surface area contributed by atoms with Gasteiger partial charge in [-0.1, -0.05) is 68.9 Å². The van der Waals surface area contributed by atoms with Crippen LogP contribution in [0.4, 0.5) is 5.69 Å². The number of nitro benzene ring substituents is 1. The number of hydrogen-bond acceptors (Lipinski definition) is 7. The molecule has 1 aliphatic heterocycles. The Morgan fingerprint density at radius 1 is 1.03 bits per heavy atom. The number of hydrogen-bond donors (Lipinski definition) is 0. The first-order valence-corrected chi connectivity index (χ1v) is 14.7. The van der Waals surface area contributed by atoms with E-state index in [1.807, 2.05) is 35.2 Å². The van der Waals surface area contributed by atoms with E-state index in [0.717, 1.165) is 62.1 Å². The lowest BCUT2D eigenvalue weighted by Crippen LogP contribution is -2.41. The van der Waals surface area contributed by atoms with Crippen LogP contribution in [0, 0.1) is 10.1 Å². The van der Waals surface area contributed by atoms with Gasteiger partial charge in [-0.25, -0.2) is 0 Å². The van der Waals surface area contributed by atoms with Crippen LogP contribution in [0.15, 0.2) is 52.4 Å². The molecule has 2 aromatic carbocycles. The number of thioether (sulfide) groups is 1. The molecule has 8 nitrogen and oxygen atoms in total. The van der Waals surface area contributed by atoms with E-state index in [1.165, 1.54) is 37.8 Å². The third-order valence-electron chi connectivity index (χ3n) is 7.68. The molecular weight excluding hydrogens is 514 g/mol. The number of nitro groups is 1. The Labute approximate surface area is 233 Å². The van der Waals surface area contributed by atoms with Crippen molar-refractivity contribution in [1.29, 1.82) is 0 Å². The molecule has 39 heavy (non-hydrogen) atoms. The van der Waals surface area contributed by atoms with E-state index >= 15 is 0 Å². The maximum absolute atomic E-state index is 13.8. The van der Waals surface area contributed by atoms with Crippen molar-refractivity contribution in [2.24, 2.45) is 4.99 Å². The fourth-order valence-corrected chi connectivity index (χ4v) is 6.69. The first-order chi connectivity index (χ1) is 19.0. The van der Waals surface area contributed by atoms with Crippen LogP contribution in [-0.2, 0) is 11.4 Å². The number of carbonyl (C=O) groups excluding carboxylic acids is 1. The topological polar surface area (TPSA) is 94.3 Å². The Morgan fingerprint density at radius 2 is 1.72 bits per heavy atom. The maximum atomic E-state index is 13.8. The quantitative estimate of drug-likeness (QED) is 0.198. The van der Waals surface area contributed by atoms with E-state index < -0.39 is 4.92 Å². The number of nitrogens with zero attached hydrogens (tertiary/aromatic N) is 3. The lowest BCUT2D eigenvalue weighted by Gasteiger charge is -2.31. The predicted octanol–water partition coefficient (Wildman–Crippen LogP) is 7.12. The Hall–Kier alpha value is -3.33. The molecule has 9 heteroatoms. The summed E-state index contributed by atoms with van der Waals surface area (Å²) in [5, 5.41) is 12.8. The van der Waals surface area contributed by atoms with E-state index in [0.29, 0.717) is 16.2 Å². The van der Waals surface area contributed by atoms with Crippen molar-refractivity contribution in [3.8, 4) is 11.5 Å². The standard InChI is InChI=1S/C30H35N3O5S/c1-37-26-17-22(25(33(35)36)19-27(26)38-20-21-11-5-2-6-12-21)18-28-29(34)32(24-15-9-4-10-16-24)30(39-28)31-23-13-7-3-8-14-23/h2,5-6,11-12,17-19,23-24H,3-4,7-10,13-16,20H2,1H3. The first kappa shape index (κ1) is 27.2. The van der Waals surface area contributed by atoms with Gasteiger partial charge in [0.25, 0.3) is 11.6 Å². The van der Waals surface area contributed by atoms with Crippen molar-refractivity contribution in [2.45, 2.75) is 82.9 Å². The Kier molecular flexibility index (Phi) is 8.86. The van der Waals surface area contributed by atoms with E-state index in [-0.39, 0.29) is 36.0 Å². The van der Waals surface area contributed by atoms with Crippen molar-refractivity contribution in [2.75, 3.05) is 7.11 Å². The van der Waals surface area contributed by atoms with Crippen LogP contribution in [0.25, 0.3) is 6.08 Å². The van der Waals surface area contributed by atoms with E-state index in [1.54, 1.807) is 12.1 Å². The average Bonchev–Trinajstić information content (AvgIpc) is 3.27. The normalized spacial score (nSPS) is 21.1. The van der Waals surface area contributed by atoms with Crippen LogP contribution in [-0.4, -0.2) is 40.1 Å².